The van der Waals surface area contributed by atoms with Gasteiger partial charge in [0.15, 0.2) is 11.5 Å². The molecule has 0 saturated carbocycles. The van der Waals surface area contributed by atoms with E-state index in [1.165, 1.54) is 24.1 Å². The van der Waals surface area contributed by atoms with Gasteiger partial charge in [-0.3, -0.25) is 24.1 Å². The number of Topliss-reactive ketones (excluding diaryl/α,β-unsaturated/α-hetero) is 2. The predicted molar refractivity (Wildman–Crippen MR) is 112 cm³/mol. The lowest BCUT2D eigenvalue weighted by Gasteiger charge is -2.49. The van der Waals surface area contributed by atoms with Gasteiger partial charge in [0.05, 0.1) is 12.1 Å². The fourth-order valence-electron chi connectivity index (χ4n) is 3.28. The number of aliphatic carboxylic acids is 1. The number of furan rings is 1. The normalized spacial score (nSPS) is 20.4. The predicted octanol–water partition coefficient (Wildman–Crippen LogP) is 0.791. The molecule has 3 rings (SSSR count). The van der Waals surface area contributed by atoms with E-state index in [0.717, 1.165) is 12.0 Å². The quantitative estimate of drug-likeness (QED) is 0.123. The van der Waals surface area contributed by atoms with E-state index < -0.39 is 46.6 Å². The van der Waals surface area contributed by atoms with Gasteiger partial charge in [-0.05, 0) is 24.1 Å². The van der Waals surface area contributed by atoms with Crippen molar-refractivity contribution in [3.05, 3.63) is 35.4 Å². The van der Waals surface area contributed by atoms with Gasteiger partial charge in [-0.1, -0.05) is 5.16 Å². The fraction of sp³-hybridized carbons (Fsp3) is 0.368. The fourth-order valence-corrected chi connectivity index (χ4v) is 4.80. The topological polar surface area (TPSA) is 156 Å². The van der Waals surface area contributed by atoms with Crippen LogP contribution in [0.3, 0.4) is 0 Å². The Morgan fingerprint density at radius 2 is 2.16 bits per heavy atom. The smallest absolute Gasteiger partial charge is 0.352 e. The van der Waals surface area contributed by atoms with E-state index in [9.17, 15) is 29.1 Å². The SMILES string of the molecule is CON=C(C(=O)CCl)C(=O)NC1C(=O)N2C(C(=O)O)=C(CCC(=O)c3ccco3)CSC12. The Kier molecular flexibility index (Phi) is 7.36. The molecule has 0 aromatic carbocycles. The van der Waals surface area contributed by atoms with Crippen LogP contribution < -0.4 is 5.32 Å². The van der Waals surface area contributed by atoms with E-state index in [1.807, 2.05) is 0 Å². The van der Waals surface area contributed by atoms with Gasteiger partial charge in [0.1, 0.15) is 24.2 Å². The van der Waals surface area contributed by atoms with Gasteiger partial charge in [-0.15, -0.1) is 23.4 Å². The zero-order chi connectivity index (χ0) is 23.4. The molecule has 1 fully saturated rings. The molecule has 1 aromatic heterocycles. The summed E-state index contributed by atoms with van der Waals surface area (Å²) in [6.45, 7) is 0. The highest BCUT2D eigenvalue weighted by Crippen LogP contribution is 2.41. The molecular formula is C19H18ClN3O8S. The number of amides is 2. The first-order valence-corrected chi connectivity index (χ1v) is 10.9. The van der Waals surface area contributed by atoms with Gasteiger partial charge in [-0.25, -0.2) is 4.79 Å². The number of alkyl halides is 1. The van der Waals surface area contributed by atoms with Crippen LogP contribution in [0.15, 0.2) is 39.2 Å². The number of hydrogen-bond donors (Lipinski definition) is 2. The highest BCUT2D eigenvalue weighted by atomic mass is 35.5. The number of ketones is 2. The van der Waals surface area contributed by atoms with E-state index in [4.69, 9.17) is 16.0 Å². The lowest BCUT2D eigenvalue weighted by Crippen LogP contribution is -2.71. The van der Waals surface area contributed by atoms with Crippen LogP contribution in [0.5, 0.6) is 0 Å². The van der Waals surface area contributed by atoms with Gasteiger partial charge in [0.25, 0.3) is 11.8 Å². The Morgan fingerprint density at radius 1 is 1.41 bits per heavy atom. The Morgan fingerprint density at radius 3 is 2.75 bits per heavy atom. The van der Waals surface area contributed by atoms with Crippen molar-refractivity contribution in [2.45, 2.75) is 24.3 Å². The lowest BCUT2D eigenvalue weighted by molar-refractivity contribution is -0.150. The first-order chi connectivity index (χ1) is 15.3. The molecule has 0 aliphatic carbocycles. The van der Waals surface area contributed by atoms with Crippen LogP contribution in [0, 0.1) is 0 Å². The van der Waals surface area contributed by atoms with Crippen LogP contribution in [0.4, 0.5) is 0 Å². The van der Waals surface area contributed by atoms with E-state index in [1.54, 1.807) is 6.07 Å². The van der Waals surface area contributed by atoms with Crippen molar-refractivity contribution in [2.75, 3.05) is 18.7 Å². The van der Waals surface area contributed by atoms with Gasteiger partial charge in [0, 0.05) is 12.2 Å². The zero-order valence-corrected chi connectivity index (χ0v) is 18.3. The summed E-state index contributed by atoms with van der Waals surface area (Å²) in [5, 5.41) is 14.7. The molecule has 1 saturated heterocycles. The van der Waals surface area contributed by atoms with Gasteiger partial charge in [-0.2, -0.15) is 0 Å². The lowest BCUT2D eigenvalue weighted by atomic mass is 9.99. The molecule has 32 heavy (non-hydrogen) atoms. The van der Waals surface area contributed by atoms with Crippen LogP contribution in [0.1, 0.15) is 23.4 Å². The summed E-state index contributed by atoms with van der Waals surface area (Å²) in [7, 11) is 1.14. The Labute approximate surface area is 190 Å². The van der Waals surface area contributed by atoms with Crippen LogP contribution in [-0.4, -0.2) is 75.2 Å². The maximum Gasteiger partial charge on any atom is 0.352 e. The molecule has 0 radical (unpaired) electrons. The Bertz CT molecular complexity index is 1020. The number of nitrogens with one attached hydrogen (secondary N) is 1. The largest absolute Gasteiger partial charge is 0.477 e. The molecule has 2 aliphatic heterocycles. The van der Waals surface area contributed by atoms with E-state index in [-0.39, 0.29) is 35.8 Å². The van der Waals surface area contributed by atoms with Crippen LogP contribution in [-0.2, 0) is 24.0 Å². The maximum atomic E-state index is 12.7. The molecule has 3 heterocycles. The van der Waals surface area contributed by atoms with Gasteiger partial charge in [0.2, 0.25) is 11.5 Å². The van der Waals surface area contributed by atoms with Crippen molar-refractivity contribution in [1.82, 2.24) is 10.2 Å². The average molecular weight is 484 g/mol. The number of carbonyl (C=O) groups is 5. The molecule has 11 nitrogen and oxygen atoms in total. The second-order valence-electron chi connectivity index (χ2n) is 6.70. The molecule has 2 N–H and O–H groups in total. The Balaban J connectivity index is 1.73. The Hall–Kier alpha value is -3.12. The third-order valence-electron chi connectivity index (χ3n) is 4.77. The minimum absolute atomic E-state index is 0.0183. The molecule has 2 amide bonds. The second-order valence-corrected chi connectivity index (χ2v) is 8.07. The molecule has 0 bridgehead atoms. The summed E-state index contributed by atoms with van der Waals surface area (Å²) in [5.41, 5.74) is -0.379. The molecule has 2 unspecified atom stereocenters. The maximum absolute atomic E-state index is 12.7. The molecule has 0 spiro atoms. The number of carboxylic acids is 1. The number of carbonyl (C=O) groups excluding carboxylic acids is 4. The van der Waals surface area contributed by atoms with E-state index >= 15 is 0 Å². The first kappa shape index (κ1) is 23.5. The number of fused-ring (bicyclic) bond motifs is 1. The third kappa shape index (κ3) is 4.55. The zero-order valence-electron chi connectivity index (χ0n) is 16.7. The molecule has 1 aromatic rings. The van der Waals surface area contributed by atoms with Gasteiger partial charge >= 0.3 is 5.97 Å². The highest BCUT2D eigenvalue weighted by Gasteiger charge is 2.54. The average Bonchev–Trinajstić information content (AvgIpc) is 3.33. The summed E-state index contributed by atoms with van der Waals surface area (Å²) in [4.78, 5) is 66.4. The van der Waals surface area contributed by atoms with Crippen LogP contribution in [0.25, 0.3) is 0 Å². The van der Waals surface area contributed by atoms with Crippen LogP contribution >= 0.6 is 23.4 Å². The summed E-state index contributed by atoms with van der Waals surface area (Å²) in [6, 6.07) is 2.04. The molecule has 2 aliphatic rings. The summed E-state index contributed by atoms with van der Waals surface area (Å²) < 4.78 is 5.05. The van der Waals surface area contributed by atoms with Gasteiger partial charge < -0.3 is 19.7 Å². The molecule has 2 atom stereocenters. The molecule has 170 valence electrons. The second kappa shape index (κ2) is 10.0. The van der Waals surface area contributed by atoms with Crippen LogP contribution in [0.2, 0.25) is 0 Å². The number of nitrogens with zero attached hydrogens (tertiary/aromatic N) is 2. The number of β-lactam (4-membered cyclic amide) rings is 1. The van der Waals surface area contributed by atoms with Crippen molar-refractivity contribution in [3.8, 4) is 0 Å². The monoisotopic (exact) mass is 483 g/mol. The summed E-state index contributed by atoms with van der Waals surface area (Å²) >= 11 is 6.70. The summed E-state index contributed by atoms with van der Waals surface area (Å²) in [6.07, 6.45) is 1.52. The number of thioether (sulfide) groups is 1. The van der Waals surface area contributed by atoms with E-state index in [2.05, 4.69) is 15.3 Å². The molecular weight excluding hydrogens is 466 g/mol. The van der Waals surface area contributed by atoms with Crippen molar-refractivity contribution < 1.29 is 38.3 Å². The van der Waals surface area contributed by atoms with Crippen molar-refractivity contribution in [2.24, 2.45) is 5.16 Å². The van der Waals surface area contributed by atoms with E-state index in [0.29, 0.717) is 5.57 Å². The number of rotatable bonds is 10. The van der Waals surface area contributed by atoms with Crippen molar-refractivity contribution in [3.63, 3.8) is 0 Å². The number of carboxylic acid groups (broad SMARTS) is 1. The van der Waals surface area contributed by atoms with Crippen molar-refractivity contribution >= 4 is 58.4 Å². The first-order valence-electron chi connectivity index (χ1n) is 9.28. The number of halogens is 1. The molecule has 13 heteroatoms. The third-order valence-corrected chi connectivity index (χ3v) is 6.35. The standard InChI is InChI=1S/C19H18ClN3O8S/c1-30-22-13(11(25)7-20)16(26)21-14-17(27)23-15(19(28)29)9(8-32-18(14)23)4-5-10(24)12-3-2-6-31-12/h2-3,6,14,18H,4-5,7-8H2,1H3,(H,21,26)(H,28,29). The summed E-state index contributed by atoms with van der Waals surface area (Å²) in [5.74, 6) is -4.09. The van der Waals surface area contributed by atoms with Crippen molar-refractivity contribution in [1.29, 1.82) is 0 Å². The highest BCUT2D eigenvalue weighted by molar-refractivity contribution is 8.00. The minimum Gasteiger partial charge on any atom is -0.477 e. The minimum atomic E-state index is -1.31. The number of oxime groups is 1. The number of hydrogen-bond acceptors (Lipinski definition) is 9.